The Hall–Kier alpha value is -0.970. The summed E-state index contributed by atoms with van der Waals surface area (Å²) in [7, 11) is -2.65. The van der Waals surface area contributed by atoms with Crippen molar-refractivity contribution in [1.82, 2.24) is 9.97 Å². The normalized spacial score (nSPS) is 10.5. The average molecular weight is 172 g/mol. The number of aryl methyl sites for hydroxylation is 2. The van der Waals surface area contributed by atoms with Crippen molar-refractivity contribution in [2.75, 3.05) is 0 Å². The highest BCUT2D eigenvalue weighted by molar-refractivity contribution is 7.72. The summed E-state index contributed by atoms with van der Waals surface area (Å²) in [6.45, 7) is 3.47. The monoisotopic (exact) mass is 172 g/mol. The van der Waals surface area contributed by atoms with E-state index in [1.807, 2.05) is 0 Å². The van der Waals surface area contributed by atoms with Crippen molar-refractivity contribution in [3.8, 4) is 0 Å². The zero-order valence-electron chi connectivity index (χ0n) is 6.24. The minimum Gasteiger partial charge on any atom is -0.224 e. The van der Waals surface area contributed by atoms with Crippen LogP contribution in [0.1, 0.15) is 11.4 Å². The molecule has 0 bridgehead atoms. The zero-order chi connectivity index (χ0) is 8.43. The Bertz CT molecular complexity index is 318. The van der Waals surface area contributed by atoms with Gasteiger partial charge in [-0.25, -0.2) is 18.4 Å². The van der Waals surface area contributed by atoms with Gasteiger partial charge in [-0.15, -0.1) is 0 Å². The van der Waals surface area contributed by atoms with Crippen LogP contribution in [0.3, 0.4) is 0 Å². The van der Waals surface area contributed by atoms with Crippen LogP contribution in [0, 0.1) is 13.8 Å². The maximum absolute atomic E-state index is 10.4. The second-order valence-electron chi connectivity index (χ2n) is 2.21. The van der Waals surface area contributed by atoms with Crippen LogP contribution in [0.5, 0.6) is 0 Å². The Balaban J connectivity index is 3.29. The van der Waals surface area contributed by atoms with Gasteiger partial charge in [-0.05, 0) is 19.9 Å². The molecule has 1 aromatic heterocycles. The van der Waals surface area contributed by atoms with Gasteiger partial charge in [0.1, 0.15) is 0 Å². The molecular formula is C6H8N2O2S. The molecule has 11 heavy (non-hydrogen) atoms. The lowest BCUT2D eigenvalue weighted by Crippen LogP contribution is -1.96. The van der Waals surface area contributed by atoms with Crippen LogP contribution in [0.25, 0.3) is 0 Å². The molecule has 1 rings (SSSR count). The number of aromatic nitrogens is 2. The van der Waals surface area contributed by atoms with Gasteiger partial charge in [-0.3, -0.25) is 0 Å². The standard InChI is InChI=1S/C6H8N2O2S/c1-4-3-5(2)8-6(7-4)11(9)10/h3,11H,1-2H3. The van der Waals surface area contributed by atoms with Crippen molar-refractivity contribution in [1.29, 1.82) is 0 Å². The number of thiol groups is 1. The molecule has 0 atom stereocenters. The minimum absolute atomic E-state index is 0.0995. The van der Waals surface area contributed by atoms with Gasteiger partial charge in [0, 0.05) is 11.4 Å². The minimum atomic E-state index is -2.65. The van der Waals surface area contributed by atoms with Gasteiger partial charge in [0.2, 0.25) is 15.9 Å². The van der Waals surface area contributed by atoms with E-state index in [1.54, 1.807) is 19.9 Å². The molecule has 1 aromatic rings. The number of hydrogen-bond acceptors (Lipinski definition) is 4. The number of rotatable bonds is 1. The Morgan fingerprint density at radius 2 is 1.64 bits per heavy atom. The van der Waals surface area contributed by atoms with Crippen LogP contribution < -0.4 is 0 Å². The molecule has 0 unspecified atom stereocenters. The molecule has 0 aromatic carbocycles. The van der Waals surface area contributed by atoms with E-state index in [-0.39, 0.29) is 5.16 Å². The van der Waals surface area contributed by atoms with Crippen molar-refractivity contribution in [3.05, 3.63) is 17.5 Å². The SMILES string of the molecule is Cc1cc(C)nc([SH](=O)=O)n1. The number of hydrogen-bond donors (Lipinski definition) is 1. The lowest BCUT2D eigenvalue weighted by molar-refractivity contribution is 0.605. The molecular weight excluding hydrogens is 164 g/mol. The summed E-state index contributed by atoms with van der Waals surface area (Å²) >= 11 is 0. The molecule has 4 nitrogen and oxygen atoms in total. The van der Waals surface area contributed by atoms with Gasteiger partial charge in [-0.1, -0.05) is 0 Å². The van der Waals surface area contributed by atoms with Crippen molar-refractivity contribution in [3.63, 3.8) is 0 Å². The molecule has 0 N–H and O–H groups in total. The Morgan fingerprint density at radius 3 is 2.00 bits per heavy atom. The predicted octanol–water partition coefficient (Wildman–Crippen LogP) is 0.0637. The average Bonchev–Trinajstić information content (AvgIpc) is 1.85. The fourth-order valence-corrected chi connectivity index (χ4v) is 1.27. The second-order valence-corrected chi connectivity index (χ2v) is 3.12. The summed E-state index contributed by atoms with van der Waals surface area (Å²) in [5.41, 5.74) is 1.35. The highest BCUT2D eigenvalue weighted by atomic mass is 32.2. The molecule has 0 saturated heterocycles. The molecule has 1 heterocycles. The highest BCUT2D eigenvalue weighted by Crippen LogP contribution is 1.99. The third-order valence-electron chi connectivity index (χ3n) is 1.13. The zero-order valence-corrected chi connectivity index (χ0v) is 7.13. The van der Waals surface area contributed by atoms with Gasteiger partial charge in [0.15, 0.2) is 0 Å². The van der Waals surface area contributed by atoms with E-state index in [4.69, 9.17) is 0 Å². The molecule has 60 valence electrons. The Labute approximate surface area is 66.3 Å². The van der Waals surface area contributed by atoms with E-state index >= 15 is 0 Å². The van der Waals surface area contributed by atoms with Crippen LogP contribution >= 0.6 is 0 Å². The molecule has 0 amide bonds. The van der Waals surface area contributed by atoms with Crippen LogP contribution in [0.4, 0.5) is 0 Å². The van der Waals surface area contributed by atoms with Crippen molar-refractivity contribution in [2.45, 2.75) is 19.0 Å². The molecule has 0 aliphatic carbocycles. The molecule has 0 radical (unpaired) electrons. The van der Waals surface area contributed by atoms with Gasteiger partial charge in [0.25, 0.3) is 0 Å². The van der Waals surface area contributed by atoms with Crippen LogP contribution in [0.2, 0.25) is 0 Å². The lowest BCUT2D eigenvalue weighted by Gasteiger charge is -1.94. The van der Waals surface area contributed by atoms with Crippen molar-refractivity contribution >= 4 is 10.7 Å². The third-order valence-corrected chi connectivity index (χ3v) is 1.66. The molecule has 0 spiro atoms. The van der Waals surface area contributed by atoms with Crippen LogP contribution in [0.15, 0.2) is 11.2 Å². The van der Waals surface area contributed by atoms with Gasteiger partial charge < -0.3 is 0 Å². The van der Waals surface area contributed by atoms with Crippen LogP contribution in [-0.2, 0) is 10.7 Å². The van der Waals surface area contributed by atoms with E-state index in [2.05, 4.69) is 9.97 Å². The maximum Gasteiger partial charge on any atom is 0.244 e. The smallest absolute Gasteiger partial charge is 0.224 e. The maximum atomic E-state index is 10.4. The first-order valence-electron chi connectivity index (χ1n) is 3.06. The summed E-state index contributed by atoms with van der Waals surface area (Å²) in [5, 5.41) is -0.0995. The summed E-state index contributed by atoms with van der Waals surface area (Å²) in [6, 6.07) is 1.72. The topological polar surface area (TPSA) is 59.9 Å². The van der Waals surface area contributed by atoms with Crippen molar-refractivity contribution in [2.24, 2.45) is 0 Å². The van der Waals surface area contributed by atoms with Gasteiger partial charge in [0.05, 0.1) is 0 Å². The van der Waals surface area contributed by atoms with E-state index in [0.717, 1.165) is 0 Å². The molecule has 0 aliphatic rings. The van der Waals surface area contributed by atoms with Gasteiger partial charge >= 0.3 is 0 Å². The second kappa shape index (κ2) is 2.96. The van der Waals surface area contributed by atoms with Gasteiger partial charge in [-0.2, -0.15) is 0 Å². The molecule has 0 fully saturated rings. The van der Waals surface area contributed by atoms with Crippen LogP contribution in [-0.4, -0.2) is 18.4 Å². The quantitative estimate of drug-likeness (QED) is 0.481. The fourth-order valence-electron chi connectivity index (χ4n) is 0.789. The first kappa shape index (κ1) is 8.13. The summed E-state index contributed by atoms with van der Waals surface area (Å²) in [4.78, 5) is 7.45. The number of nitrogens with zero attached hydrogens (tertiary/aromatic N) is 2. The molecule has 0 aliphatic heterocycles. The predicted molar refractivity (Wildman–Crippen MR) is 40.1 cm³/mol. The third kappa shape index (κ3) is 1.98. The molecule has 5 heteroatoms. The first-order chi connectivity index (χ1) is 5.09. The van der Waals surface area contributed by atoms with Crippen molar-refractivity contribution < 1.29 is 8.42 Å². The van der Waals surface area contributed by atoms with E-state index in [0.29, 0.717) is 11.4 Å². The summed E-state index contributed by atoms with van der Waals surface area (Å²) in [6.07, 6.45) is 0. The Morgan fingerprint density at radius 1 is 1.18 bits per heavy atom. The first-order valence-corrected chi connectivity index (χ1v) is 4.24. The van der Waals surface area contributed by atoms with E-state index in [1.165, 1.54) is 0 Å². The fraction of sp³-hybridized carbons (Fsp3) is 0.333. The van der Waals surface area contributed by atoms with E-state index < -0.39 is 10.7 Å². The largest absolute Gasteiger partial charge is 0.244 e. The Kier molecular flexibility index (Phi) is 2.19. The molecule has 0 saturated carbocycles. The highest BCUT2D eigenvalue weighted by Gasteiger charge is 1.99. The van der Waals surface area contributed by atoms with E-state index in [9.17, 15) is 8.42 Å². The summed E-state index contributed by atoms with van der Waals surface area (Å²) < 4.78 is 20.8. The summed E-state index contributed by atoms with van der Waals surface area (Å²) in [5.74, 6) is 0. The lowest BCUT2D eigenvalue weighted by atomic mass is 10.4.